The topological polar surface area (TPSA) is 76.7 Å². The number of hydrogen-bond donors (Lipinski definition) is 2. The van der Waals surface area contributed by atoms with E-state index >= 15 is 0 Å². The predicted octanol–water partition coefficient (Wildman–Crippen LogP) is 3.77. The van der Waals surface area contributed by atoms with Crippen LogP contribution in [0.5, 0.6) is 11.5 Å². The third-order valence-corrected chi connectivity index (χ3v) is 5.43. The van der Waals surface area contributed by atoms with Gasteiger partial charge in [0.2, 0.25) is 11.8 Å². The molecule has 0 saturated heterocycles. The molecule has 0 aliphatic heterocycles. The number of amides is 2. The average Bonchev–Trinajstić information content (AvgIpc) is 2.78. The van der Waals surface area contributed by atoms with Crippen LogP contribution in [0.15, 0.2) is 48.5 Å². The van der Waals surface area contributed by atoms with Gasteiger partial charge in [-0.05, 0) is 43.4 Å². The van der Waals surface area contributed by atoms with Crippen molar-refractivity contribution in [3.63, 3.8) is 0 Å². The molecule has 0 bridgehead atoms. The van der Waals surface area contributed by atoms with Crippen molar-refractivity contribution in [3.05, 3.63) is 54.1 Å². The maximum atomic E-state index is 12.6. The van der Waals surface area contributed by atoms with Crippen LogP contribution in [0.25, 0.3) is 0 Å². The Labute approximate surface area is 171 Å². The Bertz CT molecular complexity index is 830. The first-order valence-electron chi connectivity index (χ1n) is 9.95. The lowest BCUT2D eigenvalue weighted by Crippen LogP contribution is -2.35. The summed E-state index contributed by atoms with van der Waals surface area (Å²) in [4.78, 5) is 25.1. The smallest absolute Gasteiger partial charge is 0.227 e. The number of rotatable bonds is 7. The van der Waals surface area contributed by atoms with Gasteiger partial charge in [0, 0.05) is 30.1 Å². The van der Waals surface area contributed by atoms with Gasteiger partial charge < -0.3 is 20.1 Å². The molecule has 2 N–H and O–H groups in total. The maximum absolute atomic E-state index is 12.6. The van der Waals surface area contributed by atoms with Crippen LogP contribution in [0.1, 0.15) is 31.2 Å². The molecule has 6 nitrogen and oxygen atoms in total. The van der Waals surface area contributed by atoms with E-state index in [2.05, 4.69) is 10.6 Å². The van der Waals surface area contributed by atoms with Crippen molar-refractivity contribution in [2.45, 2.75) is 32.2 Å². The molecule has 1 aliphatic carbocycles. The maximum Gasteiger partial charge on any atom is 0.227 e. The number of carbonyl (C=O) groups excluding carboxylic acids is 2. The molecule has 29 heavy (non-hydrogen) atoms. The summed E-state index contributed by atoms with van der Waals surface area (Å²) in [5, 5.41) is 5.96. The molecule has 0 aromatic heterocycles. The molecule has 1 aliphatic rings. The number of methoxy groups -OCH3 is 2. The Morgan fingerprint density at radius 2 is 1.48 bits per heavy atom. The van der Waals surface area contributed by atoms with Gasteiger partial charge in [0.1, 0.15) is 0 Å². The molecule has 1 saturated carbocycles. The van der Waals surface area contributed by atoms with Crippen LogP contribution in [-0.4, -0.2) is 26.0 Å². The van der Waals surface area contributed by atoms with Gasteiger partial charge in [0.15, 0.2) is 11.5 Å². The number of anilines is 1. The van der Waals surface area contributed by atoms with Gasteiger partial charge in [-0.25, -0.2) is 0 Å². The first-order valence-corrected chi connectivity index (χ1v) is 9.95. The number of ether oxygens (including phenoxy) is 2. The molecule has 2 aromatic rings. The van der Waals surface area contributed by atoms with Crippen molar-refractivity contribution in [1.82, 2.24) is 5.32 Å². The normalized spacial score (nSPS) is 18.6. The van der Waals surface area contributed by atoms with Gasteiger partial charge in [0.25, 0.3) is 0 Å². The van der Waals surface area contributed by atoms with Gasteiger partial charge in [-0.15, -0.1) is 0 Å². The van der Waals surface area contributed by atoms with E-state index in [1.54, 1.807) is 32.4 Å². The van der Waals surface area contributed by atoms with Gasteiger partial charge in [-0.3, -0.25) is 9.59 Å². The Morgan fingerprint density at radius 3 is 2.10 bits per heavy atom. The number of nitrogens with one attached hydrogen (secondary N) is 2. The van der Waals surface area contributed by atoms with Gasteiger partial charge in [0.05, 0.1) is 14.2 Å². The minimum Gasteiger partial charge on any atom is -0.493 e. The lowest BCUT2D eigenvalue weighted by molar-refractivity contribution is -0.128. The van der Waals surface area contributed by atoms with Crippen molar-refractivity contribution in [1.29, 1.82) is 0 Å². The largest absolute Gasteiger partial charge is 0.493 e. The number of carbonyl (C=O) groups is 2. The van der Waals surface area contributed by atoms with E-state index in [9.17, 15) is 9.59 Å². The summed E-state index contributed by atoms with van der Waals surface area (Å²) in [7, 11) is 3.14. The predicted molar refractivity (Wildman–Crippen MR) is 112 cm³/mol. The second kappa shape index (κ2) is 9.96. The monoisotopic (exact) mass is 396 g/mol. The van der Waals surface area contributed by atoms with Crippen LogP contribution in [-0.2, 0) is 16.1 Å². The van der Waals surface area contributed by atoms with E-state index in [1.165, 1.54) is 0 Å². The molecule has 0 atom stereocenters. The molecule has 2 amide bonds. The highest BCUT2D eigenvalue weighted by Crippen LogP contribution is 2.32. The SMILES string of the molecule is COc1ccc(NC(=O)C2CCC(C(=O)NCc3ccccc3)CC2)cc1OC. The minimum atomic E-state index is -0.0822. The number of hydrogen-bond acceptors (Lipinski definition) is 4. The summed E-state index contributed by atoms with van der Waals surface area (Å²) < 4.78 is 10.5. The molecule has 0 radical (unpaired) electrons. The Kier molecular flexibility index (Phi) is 7.11. The standard InChI is InChI=1S/C23H28N2O4/c1-28-20-13-12-19(14-21(20)29-2)25-23(27)18-10-8-17(9-11-18)22(26)24-15-16-6-4-3-5-7-16/h3-7,12-14,17-18H,8-11,15H2,1-2H3,(H,24,26)(H,25,27). The molecule has 0 unspecified atom stereocenters. The van der Waals surface area contributed by atoms with E-state index in [4.69, 9.17) is 9.47 Å². The summed E-state index contributed by atoms with van der Waals surface area (Å²) in [6, 6.07) is 15.2. The van der Waals surface area contributed by atoms with Crippen molar-refractivity contribution in [2.75, 3.05) is 19.5 Å². The highest BCUT2D eigenvalue weighted by molar-refractivity contribution is 5.93. The summed E-state index contributed by atoms with van der Waals surface area (Å²) in [6.45, 7) is 0.541. The zero-order valence-electron chi connectivity index (χ0n) is 16.9. The highest BCUT2D eigenvalue weighted by Gasteiger charge is 2.30. The van der Waals surface area contributed by atoms with Crippen LogP contribution in [0.2, 0.25) is 0 Å². The van der Waals surface area contributed by atoms with Gasteiger partial charge >= 0.3 is 0 Å². The highest BCUT2D eigenvalue weighted by atomic mass is 16.5. The van der Waals surface area contributed by atoms with E-state index in [1.807, 2.05) is 30.3 Å². The molecule has 1 fully saturated rings. The zero-order valence-corrected chi connectivity index (χ0v) is 16.9. The molecular weight excluding hydrogens is 368 g/mol. The van der Waals surface area contributed by atoms with Crippen molar-refractivity contribution in [2.24, 2.45) is 11.8 Å². The fraction of sp³-hybridized carbons (Fsp3) is 0.391. The number of benzene rings is 2. The van der Waals surface area contributed by atoms with Crippen molar-refractivity contribution < 1.29 is 19.1 Å². The molecule has 2 aromatic carbocycles. The van der Waals surface area contributed by atoms with Gasteiger partial charge in [-0.2, -0.15) is 0 Å². The lowest BCUT2D eigenvalue weighted by atomic mass is 9.81. The van der Waals surface area contributed by atoms with Crippen molar-refractivity contribution >= 4 is 17.5 Å². The molecular formula is C23H28N2O4. The first kappa shape index (κ1) is 20.7. The lowest BCUT2D eigenvalue weighted by Gasteiger charge is -2.27. The van der Waals surface area contributed by atoms with Crippen LogP contribution >= 0.6 is 0 Å². The Balaban J connectivity index is 1.47. The van der Waals surface area contributed by atoms with Crippen LogP contribution in [0, 0.1) is 11.8 Å². The third-order valence-electron chi connectivity index (χ3n) is 5.43. The summed E-state index contributed by atoms with van der Waals surface area (Å²) in [6.07, 6.45) is 2.88. The summed E-state index contributed by atoms with van der Waals surface area (Å²) in [5.41, 5.74) is 1.76. The summed E-state index contributed by atoms with van der Waals surface area (Å²) >= 11 is 0. The van der Waals surface area contributed by atoms with Crippen LogP contribution in [0.3, 0.4) is 0 Å². The van der Waals surface area contributed by atoms with E-state index < -0.39 is 0 Å². The van der Waals surface area contributed by atoms with Gasteiger partial charge in [-0.1, -0.05) is 30.3 Å². The second-order valence-electron chi connectivity index (χ2n) is 7.31. The quantitative estimate of drug-likeness (QED) is 0.747. The Morgan fingerprint density at radius 1 is 0.862 bits per heavy atom. The van der Waals surface area contributed by atoms with Crippen molar-refractivity contribution in [3.8, 4) is 11.5 Å². The molecule has 3 rings (SSSR count). The molecule has 154 valence electrons. The fourth-order valence-corrected chi connectivity index (χ4v) is 3.71. The molecule has 0 heterocycles. The van der Waals surface area contributed by atoms with E-state index in [-0.39, 0.29) is 23.7 Å². The van der Waals surface area contributed by atoms with E-state index in [0.717, 1.165) is 18.4 Å². The average molecular weight is 396 g/mol. The fourth-order valence-electron chi connectivity index (χ4n) is 3.71. The zero-order chi connectivity index (χ0) is 20.6. The second-order valence-corrected chi connectivity index (χ2v) is 7.31. The summed E-state index contributed by atoms with van der Waals surface area (Å²) in [5.74, 6) is 1.15. The van der Waals surface area contributed by atoms with Crippen LogP contribution in [0.4, 0.5) is 5.69 Å². The third kappa shape index (κ3) is 5.50. The minimum absolute atomic E-state index is 0.0136. The molecule has 6 heteroatoms. The van der Waals surface area contributed by atoms with Crippen LogP contribution < -0.4 is 20.1 Å². The Hall–Kier alpha value is -3.02. The van der Waals surface area contributed by atoms with E-state index in [0.29, 0.717) is 36.6 Å². The first-order chi connectivity index (χ1) is 14.1. The molecule has 0 spiro atoms.